The lowest BCUT2D eigenvalue weighted by atomic mass is 10.2. The van der Waals surface area contributed by atoms with E-state index in [2.05, 4.69) is 10.1 Å². The summed E-state index contributed by atoms with van der Waals surface area (Å²) in [6, 6.07) is 5.37. The number of ether oxygens (including phenoxy) is 1. The molecule has 1 atom stereocenters. The van der Waals surface area contributed by atoms with E-state index in [1.54, 1.807) is 13.0 Å². The molecule has 106 valence electrons. The second-order valence-corrected chi connectivity index (χ2v) is 3.94. The smallest absolute Gasteiger partial charge is 0.422 e. The quantitative estimate of drug-likeness (QED) is 0.838. The molecule has 0 radical (unpaired) electrons. The van der Waals surface area contributed by atoms with Crippen LogP contribution in [0.2, 0.25) is 0 Å². The minimum absolute atomic E-state index is 0.0710. The number of benzene rings is 1. The molecule has 0 saturated heterocycles. The number of halogens is 3. The van der Waals surface area contributed by atoms with Crippen molar-refractivity contribution >= 4 is 11.6 Å². The molecule has 0 saturated carbocycles. The van der Waals surface area contributed by atoms with Gasteiger partial charge in [0.1, 0.15) is 11.8 Å². The van der Waals surface area contributed by atoms with Gasteiger partial charge in [-0.1, -0.05) is 13.0 Å². The molecule has 0 aliphatic heterocycles. The van der Waals surface area contributed by atoms with Gasteiger partial charge in [0.05, 0.1) is 0 Å². The summed E-state index contributed by atoms with van der Waals surface area (Å²) in [5.74, 6) is -0.453. The lowest BCUT2D eigenvalue weighted by molar-refractivity contribution is -0.153. The molecular weight excluding hydrogens is 261 g/mol. The monoisotopic (exact) mass is 276 g/mol. The Bertz CT molecular complexity index is 435. The molecule has 1 rings (SSSR count). The molecule has 7 heteroatoms. The van der Waals surface area contributed by atoms with Crippen LogP contribution < -0.4 is 15.8 Å². The van der Waals surface area contributed by atoms with Crippen LogP contribution in [-0.2, 0) is 4.79 Å². The number of primary amides is 1. The van der Waals surface area contributed by atoms with E-state index in [1.165, 1.54) is 18.2 Å². The van der Waals surface area contributed by atoms with Crippen molar-refractivity contribution in [2.45, 2.75) is 25.6 Å². The van der Waals surface area contributed by atoms with Gasteiger partial charge in [0.15, 0.2) is 6.61 Å². The fourth-order valence-corrected chi connectivity index (χ4v) is 1.42. The highest BCUT2D eigenvalue weighted by molar-refractivity contribution is 5.82. The highest BCUT2D eigenvalue weighted by Crippen LogP contribution is 2.21. The lowest BCUT2D eigenvalue weighted by Gasteiger charge is -2.16. The summed E-state index contributed by atoms with van der Waals surface area (Å²) in [5, 5.41) is 2.83. The predicted octanol–water partition coefficient (Wildman–Crippen LogP) is 2.30. The summed E-state index contributed by atoms with van der Waals surface area (Å²) >= 11 is 0. The Balaban J connectivity index is 2.69. The zero-order valence-electron chi connectivity index (χ0n) is 10.3. The molecule has 1 aromatic rings. The summed E-state index contributed by atoms with van der Waals surface area (Å²) in [4.78, 5) is 11.1. The first-order valence-electron chi connectivity index (χ1n) is 5.67. The third-order valence-electron chi connectivity index (χ3n) is 2.33. The third-order valence-corrected chi connectivity index (χ3v) is 2.33. The van der Waals surface area contributed by atoms with Crippen LogP contribution in [0.1, 0.15) is 13.3 Å². The maximum Gasteiger partial charge on any atom is 0.422 e. The number of amides is 1. The molecule has 0 aliphatic rings. The molecule has 0 fully saturated rings. The number of carbonyl (C=O) groups excluding carboxylic acids is 1. The van der Waals surface area contributed by atoms with E-state index in [0.29, 0.717) is 12.1 Å². The van der Waals surface area contributed by atoms with E-state index in [0.717, 1.165) is 0 Å². The van der Waals surface area contributed by atoms with Gasteiger partial charge in [-0.15, -0.1) is 0 Å². The van der Waals surface area contributed by atoms with Gasteiger partial charge in [0.25, 0.3) is 0 Å². The first-order chi connectivity index (χ1) is 8.81. The molecule has 0 unspecified atom stereocenters. The van der Waals surface area contributed by atoms with Gasteiger partial charge in [-0.25, -0.2) is 0 Å². The summed E-state index contributed by atoms with van der Waals surface area (Å²) in [6.45, 7) is 0.413. The van der Waals surface area contributed by atoms with Crippen LogP contribution in [0.25, 0.3) is 0 Å². The second kappa shape index (κ2) is 6.31. The molecule has 3 N–H and O–H groups in total. The molecule has 0 heterocycles. The Kier molecular flexibility index (Phi) is 5.02. The van der Waals surface area contributed by atoms with Crippen molar-refractivity contribution in [3.8, 4) is 5.75 Å². The summed E-state index contributed by atoms with van der Waals surface area (Å²) in [6.07, 6.45) is -3.91. The summed E-state index contributed by atoms with van der Waals surface area (Å²) in [7, 11) is 0. The van der Waals surface area contributed by atoms with Crippen LogP contribution in [0.15, 0.2) is 24.3 Å². The minimum atomic E-state index is -4.39. The van der Waals surface area contributed by atoms with Crippen LogP contribution in [0.4, 0.5) is 18.9 Å². The number of nitrogens with two attached hydrogens (primary N) is 1. The second-order valence-electron chi connectivity index (χ2n) is 3.94. The van der Waals surface area contributed by atoms with Crippen molar-refractivity contribution in [3.63, 3.8) is 0 Å². The zero-order chi connectivity index (χ0) is 14.5. The van der Waals surface area contributed by atoms with Gasteiger partial charge in [-0.2, -0.15) is 13.2 Å². The normalized spacial score (nSPS) is 12.8. The highest BCUT2D eigenvalue weighted by Gasteiger charge is 2.28. The molecule has 0 bridgehead atoms. The van der Waals surface area contributed by atoms with Crippen LogP contribution in [0, 0.1) is 0 Å². The topological polar surface area (TPSA) is 64.3 Å². The number of hydrogen-bond acceptors (Lipinski definition) is 3. The highest BCUT2D eigenvalue weighted by atomic mass is 19.4. The molecule has 0 aromatic heterocycles. The van der Waals surface area contributed by atoms with Crippen molar-refractivity contribution in [2.75, 3.05) is 11.9 Å². The number of rotatable bonds is 6. The maximum absolute atomic E-state index is 12.0. The molecule has 0 spiro atoms. The standard InChI is InChI=1S/C12H15F3N2O2/c1-2-10(11(16)18)17-8-4-3-5-9(6-8)19-7-12(13,14)15/h3-6,10,17H,2,7H2,1H3,(H2,16,18)/t10-/m1/s1. The molecular formula is C12H15F3N2O2. The Morgan fingerprint density at radius 3 is 2.68 bits per heavy atom. The Morgan fingerprint density at radius 2 is 2.16 bits per heavy atom. The van der Waals surface area contributed by atoms with Gasteiger partial charge in [0.2, 0.25) is 5.91 Å². The summed E-state index contributed by atoms with van der Waals surface area (Å²) in [5.41, 5.74) is 5.64. The van der Waals surface area contributed by atoms with Crippen molar-refractivity contribution in [3.05, 3.63) is 24.3 Å². The molecule has 1 aromatic carbocycles. The van der Waals surface area contributed by atoms with Crippen molar-refractivity contribution < 1.29 is 22.7 Å². The zero-order valence-corrected chi connectivity index (χ0v) is 10.3. The van der Waals surface area contributed by atoms with E-state index >= 15 is 0 Å². The minimum Gasteiger partial charge on any atom is -0.484 e. The van der Waals surface area contributed by atoms with E-state index in [4.69, 9.17) is 5.73 Å². The predicted molar refractivity (Wildman–Crippen MR) is 64.9 cm³/mol. The van der Waals surface area contributed by atoms with E-state index in [9.17, 15) is 18.0 Å². The SMILES string of the molecule is CC[C@@H](Nc1cccc(OCC(F)(F)F)c1)C(N)=O. The molecule has 4 nitrogen and oxygen atoms in total. The average molecular weight is 276 g/mol. The number of alkyl halides is 3. The van der Waals surface area contributed by atoms with E-state index in [-0.39, 0.29) is 5.75 Å². The molecule has 0 aliphatic carbocycles. The van der Waals surface area contributed by atoms with Crippen LogP contribution in [-0.4, -0.2) is 24.7 Å². The van der Waals surface area contributed by atoms with Crippen molar-refractivity contribution in [1.82, 2.24) is 0 Å². The van der Waals surface area contributed by atoms with E-state index in [1.807, 2.05) is 0 Å². The third kappa shape index (κ3) is 5.50. The number of carbonyl (C=O) groups is 1. The molecule has 1 amide bonds. The Labute approximate surface area is 108 Å². The van der Waals surface area contributed by atoms with Gasteiger partial charge < -0.3 is 15.8 Å². The largest absolute Gasteiger partial charge is 0.484 e. The van der Waals surface area contributed by atoms with Crippen LogP contribution in [0.3, 0.4) is 0 Å². The Morgan fingerprint density at radius 1 is 1.47 bits per heavy atom. The number of anilines is 1. The Hall–Kier alpha value is -1.92. The number of hydrogen-bond donors (Lipinski definition) is 2. The maximum atomic E-state index is 12.0. The van der Waals surface area contributed by atoms with Gasteiger partial charge in [-0.05, 0) is 18.6 Å². The first-order valence-corrected chi connectivity index (χ1v) is 5.67. The average Bonchev–Trinajstić information content (AvgIpc) is 2.33. The molecule has 19 heavy (non-hydrogen) atoms. The van der Waals surface area contributed by atoms with Crippen LogP contribution in [0.5, 0.6) is 5.75 Å². The summed E-state index contributed by atoms with van der Waals surface area (Å²) < 4.78 is 40.6. The number of nitrogens with one attached hydrogen (secondary N) is 1. The van der Waals surface area contributed by atoms with Crippen LogP contribution >= 0.6 is 0 Å². The first kappa shape index (κ1) is 15.1. The van der Waals surface area contributed by atoms with Gasteiger partial charge >= 0.3 is 6.18 Å². The fraction of sp³-hybridized carbons (Fsp3) is 0.417. The lowest BCUT2D eigenvalue weighted by Crippen LogP contribution is -2.34. The van der Waals surface area contributed by atoms with Crippen molar-refractivity contribution in [2.24, 2.45) is 5.73 Å². The van der Waals surface area contributed by atoms with Crippen molar-refractivity contribution in [1.29, 1.82) is 0 Å². The fourth-order valence-electron chi connectivity index (χ4n) is 1.42. The van der Waals surface area contributed by atoms with Gasteiger partial charge in [-0.3, -0.25) is 4.79 Å². The van der Waals surface area contributed by atoms with Gasteiger partial charge in [0, 0.05) is 11.8 Å². The van der Waals surface area contributed by atoms with E-state index < -0.39 is 24.7 Å².